The average Bonchev–Trinajstić information content (AvgIpc) is 2.56. The van der Waals surface area contributed by atoms with Gasteiger partial charge in [-0.1, -0.05) is 41.4 Å². The second kappa shape index (κ2) is 8.26. The summed E-state index contributed by atoms with van der Waals surface area (Å²) < 4.78 is 5.36. The van der Waals surface area contributed by atoms with E-state index in [1.165, 1.54) is 13.3 Å². The summed E-state index contributed by atoms with van der Waals surface area (Å²) in [6.07, 6.45) is 1.52. The fraction of sp³-hybridized carbons (Fsp3) is 0.235. The predicted molar refractivity (Wildman–Crippen MR) is 95.0 cm³/mol. The van der Waals surface area contributed by atoms with Gasteiger partial charge in [0.1, 0.15) is 5.15 Å². The third-order valence-electron chi connectivity index (χ3n) is 3.43. The predicted octanol–water partition coefficient (Wildman–Crippen LogP) is 3.84. The lowest BCUT2D eigenvalue weighted by Gasteiger charge is -2.19. The van der Waals surface area contributed by atoms with Crippen LogP contribution in [-0.2, 0) is 9.53 Å². The van der Waals surface area contributed by atoms with Crippen LogP contribution in [0.2, 0.25) is 5.15 Å². The Balaban J connectivity index is 2.27. The van der Waals surface area contributed by atoms with Gasteiger partial charge in [0.2, 0.25) is 0 Å². The lowest BCUT2D eigenvalue weighted by Crippen LogP contribution is -2.30. The maximum atomic E-state index is 12.5. The van der Waals surface area contributed by atoms with Crippen molar-refractivity contribution in [3.8, 4) is 0 Å². The Labute approximate surface area is 153 Å². The zero-order valence-corrected chi connectivity index (χ0v) is 15.5. The molecule has 1 N–H and O–H groups in total. The van der Waals surface area contributed by atoms with E-state index >= 15 is 0 Å². The molecule has 0 saturated carbocycles. The Morgan fingerprint density at radius 3 is 2.62 bits per heavy atom. The van der Waals surface area contributed by atoms with Crippen molar-refractivity contribution in [2.24, 2.45) is 0 Å². The van der Waals surface area contributed by atoms with Crippen LogP contribution in [0.3, 0.4) is 0 Å². The fourth-order valence-corrected chi connectivity index (χ4v) is 2.64. The monoisotopic (exact) mass is 410 g/mol. The van der Waals surface area contributed by atoms with Crippen molar-refractivity contribution in [1.29, 1.82) is 0 Å². The molecule has 0 aliphatic heterocycles. The smallest absolute Gasteiger partial charge is 0.307 e. The Bertz CT molecular complexity index is 750. The highest BCUT2D eigenvalue weighted by atomic mass is 79.9. The molecule has 2 aromatic rings. The summed E-state index contributed by atoms with van der Waals surface area (Å²) in [5, 5.41) is 2.91. The number of aryl methyl sites for hydroxylation is 1. The van der Waals surface area contributed by atoms with Gasteiger partial charge in [0.05, 0.1) is 25.1 Å². The van der Waals surface area contributed by atoms with Gasteiger partial charge in [0.25, 0.3) is 5.91 Å². The number of nitrogens with zero attached hydrogens (tertiary/aromatic N) is 1. The summed E-state index contributed by atoms with van der Waals surface area (Å²) in [6, 6.07) is 8.61. The molecule has 1 aromatic carbocycles. The zero-order chi connectivity index (χ0) is 17.7. The van der Waals surface area contributed by atoms with Crippen molar-refractivity contribution < 1.29 is 14.3 Å². The van der Waals surface area contributed by atoms with Crippen molar-refractivity contribution in [3.63, 3.8) is 0 Å². The highest BCUT2D eigenvalue weighted by Crippen LogP contribution is 2.22. The number of amides is 1. The molecule has 1 aromatic heterocycles. The van der Waals surface area contributed by atoms with Crippen LogP contribution < -0.4 is 5.32 Å². The molecule has 0 aliphatic carbocycles. The minimum atomic E-state index is -0.527. The summed E-state index contributed by atoms with van der Waals surface area (Å²) in [7, 11) is 1.31. The molecule has 0 bridgehead atoms. The minimum Gasteiger partial charge on any atom is -0.469 e. The fourth-order valence-electron chi connectivity index (χ4n) is 2.12. The quantitative estimate of drug-likeness (QED) is 0.599. The van der Waals surface area contributed by atoms with E-state index in [0.29, 0.717) is 4.47 Å². The third-order valence-corrected chi connectivity index (χ3v) is 4.17. The normalized spacial score (nSPS) is 11.7. The maximum Gasteiger partial charge on any atom is 0.307 e. The van der Waals surface area contributed by atoms with Crippen LogP contribution in [0.25, 0.3) is 0 Å². The molecule has 0 radical (unpaired) electrons. The summed E-state index contributed by atoms with van der Waals surface area (Å²) in [6.45, 7) is 1.96. The summed E-state index contributed by atoms with van der Waals surface area (Å²) in [5.41, 5.74) is 2.12. The first-order chi connectivity index (χ1) is 11.4. The van der Waals surface area contributed by atoms with Gasteiger partial charge in [-0.2, -0.15) is 0 Å². The van der Waals surface area contributed by atoms with E-state index in [9.17, 15) is 9.59 Å². The molecule has 0 fully saturated rings. The Morgan fingerprint density at radius 2 is 2.00 bits per heavy atom. The van der Waals surface area contributed by atoms with Gasteiger partial charge in [-0.15, -0.1) is 0 Å². The molecule has 0 unspecified atom stereocenters. The molecular weight excluding hydrogens is 396 g/mol. The Morgan fingerprint density at radius 1 is 1.33 bits per heavy atom. The molecule has 5 nitrogen and oxygen atoms in total. The summed E-state index contributed by atoms with van der Waals surface area (Å²) >= 11 is 9.25. The topological polar surface area (TPSA) is 68.3 Å². The zero-order valence-electron chi connectivity index (χ0n) is 13.2. The van der Waals surface area contributed by atoms with Crippen LogP contribution in [0.5, 0.6) is 0 Å². The average molecular weight is 412 g/mol. The molecule has 24 heavy (non-hydrogen) atoms. The van der Waals surface area contributed by atoms with Gasteiger partial charge < -0.3 is 10.1 Å². The van der Waals surface area contributed by atoms with E-state index in [1.54, 1.807) is 6.07 Å². The molecular formula is C17H16BrClN2O3. The van der Waals surface area contributed by atoms with E-state index in [-0.39, 0.29) is 17.1 Å². The number of aromatic nitrogens is 1. The largest absolute Gasteiger partial charge is 0.469 e. The van der Waals surface area contributed by atoms with Crippen molar-refractivity contribution in [2.75, 3.05) is 7.11 Å². The van der Waals surface area contributed by atoms with E-state index < -0.39 is 17.9 Å². The van der Waals surface area contributed by atoms with E-state index in [1.807, 2.05) is 31.2 Å². The first-order valence-electron chi connectivity index (χ1n) is 7.16. The standard InChI is InChI=1S/C17H16BrClN2O3/c1-10-3-5-11(6-4-10)14(8-15(22)24-2)21-17(23)13-7-12(18)9-20-16(13)19/h3-7,9,14H,8H2,1-2H3,(H,21,23)/t14-/m0/s1. The van der Waals surface area contributed by atoms with Crippen LogP contribution in [0.15, 0.2) is 41.0 Å². The highest BCUT2D eigenvalue weighted by molar-refractivity contribution is 9.10. The third kappa shape index (κ3) is 4.79. The first kappa shape index (κ1) is 18.4. The second-order valence-corrected chi connectivity index (χ2v) is 6.48. The molecule has 126 valence electrons. The van der Waals surface area contributed by atoms with E-state index in [2.05, 4.69) is 26.2 Å². The van der Waals surface area contributed by atoms with Crippen LogP contribution >= 0.6 is 27.5 Å². The van der Waals surface area contributed by atoms with Crippen molar-refractivity contribution in [2.45, 2.75) is 19.4 Å². The number of nitrogens with one attached hydrogen (secondary N) is 1. The molecule has 1 atom stereocenters. The second-order valence-electron chi connectivity index (χ2n) is 5.21. The van der Waals surface area contributed by atoms with Gasteiger partial charge in [-0.3, -0.25) is 9.59 Å². The lowest BCUT2D eigenvalue weighted by molar-refractivity contribution is -0.141. The number of pyridine rings is 1. The van der Waals surface area contributed by atoms with Crippen LogP contribution in [0.1, 0.15) is 33.9 Å². The van der Waals surface area contributed by atoms with E-state index in [4.69, 9.17) is 16.3 Å². The number of methoxy groups -OCH3 is 1. The molecule has 0 saturated heterocycles. The van der Waals surface area contributed by atoms with Crippen LogP contribution in [0.4, 0.5) is 0 Å². The number of carbonyl (C=O) groups excluding carboxylic acids is 2. The van der Waals surface area contributed by atoms with Gasteiger partial charge in [-0.05, 0) is 34.5 Å². The molecule has 2 rings (SSSR count). The Hall–Kier alpha value is -1.92. The molecule has 0 aliphatic rings. The number of halogens is 2. The van der Waals surface area contributed by atoms with Gasteiger partial charge >= 0.3 is 5.97 Å². The van der Waals surface area contributed by atoms with Gasteiger partial charge in [0, 0.05) is 10.7 Å². The maximum absolute atomic E-state index is 12.5. The number of hydrogen-bond acceptors (Lipinski definition) is 4. The van der Waals surface area contributed by atoms with Crippen molar-refractivity contribution in [3.05, 3.63) is 62.8 Å². The minimum absolute atomic E-state index is 0.0182. The van der Waals surface area contributed by atoms with Crippen molar-refractivity contribution in [1.82, 2.24) is 10.3 Å². The number of hydrogen-bond donors (Lipinski definition) is 1. The summed E-state index contributed by atoms with van der Waals surface area (Å²) in [5.74, 6) is -0.831. The van der Waals surface area contributed by atoms with E-state index in [0.717, 1.165) is 11.1 Å². The van der Waals surface area contributed by atoms with Gasteiger partial charge in [0.15, 0.2) is 0 Å². The lowest BCUT2D eigenvalue weighted by atomic mass is 10.0. The number of rotatable bonds is 5. The number of esters is 1. The molecule has 7 heteroatoms. The highest BCUT2D eigenvalue weighted by Gasteiger charge is 2.21. The number of carbonyl (C=O) groups is 2. The first-order valence-corrected chi connectivity index (χ1v) is 8.33. The van der Waals surface area contributed by atoms with Gasteiger partial charge in [-0.25, -0.2) is 4.98 Å². The Kier molecular flexibility index (Phi) is 6.34. The van der Waals surface area contributed by atoms with Crippen LogP contribution in [0, 0.1) is 6.92 Å². The summed E-state index contributed by atoms with van der Waals surface area (Å²) in [4.78, 5) is 28.1. The SMILES string of the molecule is COC(=O)C[C@H](NC(=O)c1cc(Br)cnc1Cl)c1ccc(C)cc1. The number of benzene rings is 1. The van der Waals surface area contributed by atoms with Crippen molar-refractivity contribution >= 4 is 39.4 Å². The van der Waals surface area contributed by atoms with Crippen LogP contribution in [-0.4, -0.2) is 24.0 Å². The number of ether oxygens (including phenoxy) is 1. The molecule has 1 heterocycles. The molecule has 1 amide bonds. The molecule has 0 spiro atoms.